The number of ether oxygens (including phenoxy) is 1. The molecule has 118 valence electrons. The second kappa shape index (κ2) is 6.62. The van der Waals surface area contributed by atoms with E-state index in [1.807, 2.05) is 41.9 Å². The van der Waals surface area contributed by atoms with Crippen LogP contribution >= 0.6 is 11.3 Å². The van der Waals surface area contributed by atoms with Crippen LogP contribution in [0.5, 0.6) is 0 Å². The van der Waals surface area contributed by atoms with Gasteiger partial charge in [-0.2, -0.15) is 11.3 Å². The monoisotopic (exact) mass is 319 g/mol. The van der Waals surface area contributed by atoms with Crippen LogP contribution in [0.25, 0.3) is 0 Å². The molecule has 0 unspecified atom stereocenters. The number of fused-ring (bicyclic) bond motifs is 1. The number of nitrogens with zero attached hydrogens (tertiary/aromatic N) is 3. The number of amides is 1. The summed E-state index contributed by atoms with van der Waals surface area (Å²) >= 11 is 1.55. The van der Waals surface area contributed by atoms with Crippen molar-refractivity contribution in [2.75, 3.05) is 6.54 Å². The summed E-state index contributed by atoms with van der Waals surface area (Å²) in [6, 6.07) is 1.89. The third-order valence-electron chi connectivity index (χ3n) is 3.81. The number of carbonyl (C=O) groups excluding carboxylic acids is 1. The van der Waals surface area contributed by atoms with Gasteiger partial charge in [-0.25, -0.2) is 4.98 Å². The molecule has 2 aromatic heterocycles. The minimum Gasteiger partial charge on any atom is -0.372 e. The van der Waals surface area contributed by atoms with E-state index in [1.54, 1.807) is 11.3 Å². The van der Waals surface area contributed by atoms with Crippen molar-refractivity contribution in [1.82, 2.24) is 14.5 Å². The molecule has 6 heteroatoms. The Morgan fingerprint density at radius 2 is 2.32 bits per heavy atom. The minimum absolute atomic E-state index is 0.103. The molecule has 0 aliphatic carbocycles. The van der Waals surface area contributed by atoms with Gasteiger partial charge in [-0.15, -0.1) is 0 Å². The van der Waals surface area contributed by atoms with E-state index in [1.165, 1.54) is 0 Å². The van der Waals surface area contributed by atoms with Crippen LogP contribution in [-0.2, 0) is 24.4 Å². The van der Waals surface area contributed by atoms with Crippen LogP contribution in [0, 0.1) is 0 Å². The van der Waals surface area contributed by atoms with Crippen molar-refractivity contribution in [3.05, 3.63) is 40.1 Å². The van der Waals surface area contributed by atoms with Crippen molar-refractivity contribution in [3.63, 3.8) is 0 Å². The maximum Gasteiger partial charge on any atom is 0.255 e. The zero-order chi connectivity index (χ0) is 15.5. The second-order valence-corrected chi connectivity index (χ2v) is 6.56. The molecule has 0 spiro atoms. The molecule has 22 heavy (non-hydrogen) atoms. The number of hydrogen-bond donors (Lipinski definition) is 0. The van der Waals surface area contributed by atoms with E-state index in [0.29, 0.717) is 13.2 Å². The number of carbonyl (C=O) groups is 1. The lowest BCUT2D eigenvalue weighted by Gasteiger charge is -2.20. The molecule has 1 aliphatic heterocycles. The Kier molecular flexibility index (Phi) is 4.59. The Balaban J connectivity index is 1.79. The molecule has 2 aromatic rings. The molecule has 0 fully saturated rings. The second-order valence-electron chi connectivity index (χ2n) is 5.78. The lowest BCUT2D eigenvalue weighted by atomic mass is 10.2. The summed E-state index contributed by atoms with van der Waals surface area (Å²) in [6.45, 7) is 6.81. The Morgan fingerprint density at radius 1 is 1.45 bits per heavy atom. The largest absolute Gasteiger partial charge is 0.372 e. The quantitative estimate of drug-likeness (QED) is 0.870. The number of aromatic nitrogens is 2. The molecule has 0 bridgehead atoms. The van der Waals surface area contributed by atoms with Gasteiger partial charge in [0.25, 0.3) is 5.91 Å². The zero-order valence-electron chi connectivity index (χ0n) is 13.0. The van der Waals surface area contributed by atoms with Gasteiger partial charge in [-0.1, -0.05) is 0 Å². The number of imidazole rings is 1. The standard InChI is InChI=1S/C16H21N3O2S/c1-12(2)21-9-14-15-8-18(5-3-6-19(15)11-17-14)16(20)13-4-7-22-10-13/h4,7,10-12H,3,5-6,8-9H2,1-2H3. The fraction of sp³-hybridized carbons (Fsp3) is 0.500. The summed E-state index contributed by atoms with van der Waals surface area (Å²) in [7, 11) is 0. The van der Waals surface area contributed by atoms with Gasteiger partial charge in [0.2, 0.25) is 0 Å². The van der Waals surface area contributed by atoms with Crippen molar-refractivity contribution in [2.45, 2.75) is 46.1 Å². The first-order valence-electron chi connectivity index (χ1n) is 7.61. The van der Waals surface area contributed by atoms with Crippen LogP contribution in [0.3, 0.4) is 0 Å². The van der Waals surface area contributed by atoms with E-state index in [2.05, 4.69) is 9.55 Å². The topological polar surface area (TPSA) is 47.4 Å². The highest BCUT2D eigenvalue weighted by molar-refractivity contribution is 7.08. The first-order valence-corrected chi connectivity index (χ1v) is 8.55. The van der Waals surface area contributed by atoms with Gasteiger partial charge in [0.15, 0.2) is 0 Å². The van der Waals surface area contributed by atoms with Crippen molar-refractivity contribution in [2.24, 2.45) is 0 Å². The Hall–Kier alpha value is -1.66. The van der Waals surface area contributed by atoms with Crippen LogP contribution in [0.15, 0.2) is 23.2 Å². The maximum absolute atomic E-state index is 12.6. The number of aryl methyl sites for hydroxylation is 1. The van der Waals surface area contributed by atoms with E-state index in [9.17, 15) is 4.79 Å². The van der Waals surface area contributed by atoms with Gasteiger partial charge in [-0.3, -0.25) is 4.79 Å². The molecule has 1 aliphatic rings. The highest BCUT2D eigenvalue weighted by atomic mass is 32.1. The lowest BCUT2D eigenvalue weighted by Crippen LogP contribution is -2.30. The summed E-state index contributed by atoms with van der Waals surface area (Å²) in [5.74, 6) is 0.103. The molecule has 3 rings (SSSR count). The molecule has 3 heterocycles. The fourth-order valence-electron chi connectivity index (χ4n) is 2.62. The van der Waals surface area contributed by atoms with Crippen LogP contribution in [0.4, 0.5) is 0 Å². The molecule has 0 N–H and O–H groups in total. The van der Waals surface area contributed by atoms with Crippen molar-refractivity contribution in [3.8, 4) is 0 Å². The van der Waals surface area contributed by atoms with E-state index >= 15 is 0 Å². The minimum atomic E-state index is 0.103. The van der Waals surface area contributed by atoms with Gasteiger partial charge in [0.05, 0.1) is 42.5 Å². The number of rotatable bonds is 4. The van der Waals surface area contributed by atoms with Gasteiger partial charge in [0, 0.05) is 18.5 Å². The Labute approximate surface area is 134 Å². The molecule has 0 aromatic carbocycles. The summed E-state index contributed by atoms with van der Waals surface area (Å²) in [5, 5.41) is 3.85. The molecular weight excluding hydrogens is 298 g/mol. The van der Waals surface area contributed by atoms with Crippen LogP contribution in [-0.4, -0.2) is 33.0 Å². The molecule has 0 radical (unpaired) electrons. The molecule has 0 atom stereocenters. The molecular formula is C16H21N3O2S. The molecule has 1 amide bonds. The normalized spacial score (nSPS) is 15.0. The van der Waals surface area contributed by atoms with E-state index in [4.69, 9.17) is 4.74 Å². The zero-order valence-corrected chi connectivity index (χ0v) is 13.8. The predicted octanol–water partition coefficient (Wildman–Crippen LogP) is 2.92. The van der Waals surface area contributed by atoms with Crippen molar-refractivity contribution >= 4 is 17.2 Å². The van der Waals surface area contributed by atoms with Crippen molar-refractivity contribution < 1.29 is 9.53 Å². The highest BCUT2D eigenvalue weighted by Gasteiger charge is 2.23. The lowest BCUT2D eigenvalue weighted by molar-refractivity contribution is 0.0620. The van der Waals surface area contributed by atoms with Gasteiger partial charge in [-0.05, 0) is 31.7 Å². The van der Waals surface area contributed by atoms with Crippen LogP contribution < -0.4 is 0 Å². The summed E-state index contributed by atoms with van der Waals surface area (Å²) in [6.07, 6.45) is 2.99. The maximum atomic E-state index is 12.6. The third-order valence-corrected chi connectivity index (χ3v) is 4.49. The Morgan fingerprint density at radius 3 is 3.05 bits per heavy atom. The molecule has 5 nitrogen and oxygen atoms in total. The molecule has 0 saturated heterocycles. The summed E-state index contributed by atoms with van der Waals surface area (Å²) in [5.41, 5.74) is 2.82. The first kappa shape index (κ1) is 15.2. The summed E-state index contributed by atoms with van der Waals surface area (Å²) < 4.78 is 7.84. The van der Waals surface area contributed by atoms with Gasteiger partial charge < -0.3 is 14.2 Å². The van der Waals surface area contributed by atoms with Crippen molar-refractivity contribution in [1.29, 1.82) is 0 Å². The van der Waals surface area contributed by atoms with Gasteiger partial charge in [0.1, 0.15) is 0 Å². The average molecular weight is 319 g/mol. The number of hydrogen-bond acceptors (Lipinski definition) is 4. The summed E-state index contributed by atoms with van der Waals surface area (Å²) in [4.78, 5) is 19.0. The SMILES string of the molecule is CC(C)OCc1ncn2c1CN(C(=O)c1ccsc1)CCC2. The highest BCUT2D eigenvalue weighted by Crippen LogP contribution is 2.20. The smallest absolute Gasteiger partial charge is 0.255 e. The van der Waals surface area contributed by atoms with E-state index in [-0.39, 0.29) is 12.0 Å². The van der Waals surface area contributed by atoms with E-state index in [0.717, 1.165) is 36.5 Å². The fourth-order valence-corrected chi connectivity index (χ4v) is 3.25. The Bertz CT molecular complexity index is 634. The number of thiophene rings is 1. The first-order chi connectivity index (χ1) is 10.6. The molecule has 0 saturated carbocycles. The third kappa shape index (κ3) is 3.23. The predicted molar refractivity (Wildman–Crippen MR) is 85.8 cm³/mol. The van der Waals surface area contributed by atoms with E-state index < -0.39 is 0 Å². The van der Waals surface area contributed by atoms with Gasteiger partial charge >= 0.3 is 0 Å². The van der Waals surface area contributed by atoms with Crippen LogP contribution in [0.2, 0.25) is 0 Å². The van der Waals surface area contributed by atoms with Crippen LogP contribution in [0.1, 0.15) is 42.0 Å². The average Bonchev–Trinajstić information content (AvgIpc) is 3.10.